The van der Waals surface area contributed by atoms with Crippen molar-refractivity contribution >= 4 is 11.3 Å². The molecular formula is C31H41NO4. The van der Waals surface area contributed by atoms with Gasteiger partial charge < -0.3 is 24.6 Å². The van der Waals surface area contributed by atoms with Crippen LogP contribution in [0.2, 0.25) is 0 Å². The van der Waals surface area contributed by atoms with Crippen LogP contribution in [0.3, 0.4) is 0 Å². The molecule has 1 saturated heterocycles. The molecule has 4 aliphatic carbocycles. The first-order valence-corrected chi connectivity index (χ1v) is 13.8. The molecule has 0 unspecified atom stereocenters. The Bertz CT molecular complexity index is 1120. The summed E-state index contributed by atoms with van der Waals surface area (Å²) in [5.74, 6) is 6.52. The third-order valence-electron chi connectivity index (χ3n) is 10.5. The van der Waals surface area contributed by atoms with Crippen molar-refractivity contribution in [1.82, 2.24) is 0 Å². The topological polar surface area (TPSA) is 62.2 Å². The molecule has 194 valence electrons. The number of hydrogen-bond donors (Lipinski definition) is 2. The average Bonchev–Trinajstić information content (AvgIpc) is 3.40. The smallest absolute Gasteiger partial charge is 0.171 e. The molecule has 1 aromatic rings. The van der Waals surface area contributed by atoms with Gasteiger partial charge in [-0.15, -0.1) is 5.92 Å². The number of anilines is 1. The molecule has 1 heterocycles. The van der Waals surface area contributed by atoms with E-state index in [1.54, 1.807) is 0 Å². The zero-order valence-corrected chi connectivity index (χ0v) is 22.3. The molecule has 6 rings (SSSR count). The van der Waals surface area contributed by atoms with E-state index in [0.717, 1.165) is 44.9 Å². The summed E-state index contributed by atoms with van der Waals surface area (Å²) in [4.78, 5) is 2.12. The highest BCUT2D eigenvalue weighted by atomic mass is 16.7. The summed E-state index contributed by atoms with van der Waals surface area (Å²) in [6.45, 7) is 5.35. The van der Waals surface area contributed by atoms with E-state index < -0.39 is 17.0 Å². The molecule has 0 aromatic heterocycles. The van der Waals surface area contributed by atoms with Gasteiger partial charge in [0.2, 0.25) is 0 Å². The molecule has 5 nitrogen and oxygen atoms in total. The fourth-order valence-corrected chi connectivity index (χ4v) is 8.74. The summed E-state index contributed by atoms with van der Waals surface area (Å²) in [7, 11) is 4.13. The summed E-state index contributed by atoms with van der Waals surface area (Å²) in [6.07, 6.45) is 6.47. The molecule has 5 aliphatic rings. The third-order valence-corrected chi connectivity index (χ3v) is 10.5. The molecule has 1 aromatic carbocycles. The van der Waals surface area contributed by atoms with Crippen molar-refractivity contribution in [1.29, 1.82) is 0 Å². The Balaban J connectivity index is 1.48. The van der Waals surface area contributed by atoms with Crippen LogP contribution in [0, 0.1) is 35.0 Å². The van der Waals surface area contributed by atoms with Crippen LogP contribution in [0.25, 0.3) is 5.57 Å². The van der Waals surface area contributed by atoms with Gasteiger partial charge in [0.25, 0.3) is 0 Å². The second-order valence-electron chi connectivity index (χ2n) is 12.5. The largest absolute Gasteiger partial charge is 0.389 e. The van der Waals surface area contributed by atoms with Crippen LogP contribution >= 0.6 is 0 Å². The fraction of sp³-hybridized carbons (Fsp3) is 0.677. The maximum atomic E-state index is 12.2. The summed E-state index contributed by atoms with van der Waals surface area (Å²) < 4.78 is 12.1. The van der Waals surface area contributed by atoms with Gasteiger partial charge in [0.15, 0.2) is 5.79 Å². The molecule has 5 heteroatoms. The van der Waals surface area contributed by atoms with Crippen molar-refractivity contribution in [3.05, 3.63) is 35.4 Å². The van der Waals surface area contributed by atoms with Crippen LogP contribution in [-0.2, 0) is 9.47 Å². The second-order valence-corrected chi connectivity index (χ2v) is 12.5. The minimum absolute atomic E-state index is 0.105. The van der Waals surface area contributed by atoms with Crippen LogP contribution in [-0.4, -0.2) is 54.5 Å². The summed E-state index contributed by atoms with van der Waals surface area (Å²) >= 11 is 0. The van der Waals surface area contributed by atoms with E-state index in [1.165, 1.54) is 22.4 Å². The second kappa shape index (κ2) is 8.33. The van der Waals surface area contributed by atoms with Crippen molar-refractivity contribution in [2.45, 2.75) is 82.2 Å². The molecule has 2 N–H and O–H groups in total. The number of ether oxygens (including phenoxy) is 2. The summed E-state index contributed by atoms with van der Waals surface area (Å²) in [5, 5.41) is 24.0. The van der Waals surface area contributed by atoms with Crippen molar-refractivity contribution < 1.29 is 19.7 Å². The Labute approximate surface area is 215 Å². The van der Waals surface area contributed by atoms with Crippen molar-refractivity contribution in [2.75, 3.05) is 32.2 Å². The van der Waals surface area contributed by atoms with Gasteiger partial charge in [-0.05, 0) is 80.6 Å². The Hall–Kier alpha value is -1.84. The molecule has 0 bridgehead atoms. The van der Waals surface area contributed by atoms with E-state index >= 15 is 0 Å². The molecule has 1 aliphatic heterocycles. The zero-order chi connectivity index (χ0) is 25.3. The molecule has 0 radical (unpaired) electrons. The lowest BCUT2D eigenvalue weighted by Gasteiger charge is -2.58. The van der Waals surface area contributed by atoms with E-state index in [0.29, 0.717) is 31.5 Å². The first-order chi connectivity index (χ1) is 17.1. The highest BCUT2D eigenvalue weighted by Gasteiger charge is 2.64. The van der Waals surface area contributed by atoms with Crippen LogP contribution in [0.15, 0.2) is 29.8 Å². The van der Waals surface area contributed by atoms with Crippen molar-refractivity contribution in [3.63, 3.8) is 0 Å². The molecule has 36 heavy (non-hydrogen) atoms. The predicted molar refractivity (Wildman–Crippen MR) is 141 cm³/mol. The Morgan fingerprint density at radius 2 is 1.69 bits per heavy atom. The van der Waals surface area contributed by atoms with Gasteiger partial charge in [-0.2, -0.15) is 0 Å². The molecule has 3 saturated carbocycles. The van der Waals surface area contributed by atoms with Gasteiger partial charge in [-0.1, -0.05) is 30.6 Å². The average molecular weight is 492 g/mol. The van der Waals surface area contributed by atoms with E-state index in [2.05, 4.69) is 62.0 Å². The molecule has 6 atom stereocenters. The van der Waals surface area contributed by atoms with Gasteiger partial charge in [-0.25, -0.2) is 0 Å². The number of rotatable bonds is 2. The normalized spacial score (nSPS) is 40.8. The van der Waals surface area contributed by atoms with E-state index in [-0.39, 0.29) is 11.3 Å². The Morgan fingerprint density at radius 3 is 2.36 bits per heavy atom. The van der Waals surface area contributed by atoms with E-state index in [1.807, 2.05) is 6.92 Å². The minimum Gasteiger partial charge on any atom is -0.389 e. The number of allylic oxidation sites excluding steroid dienone is 1. The van der Waals surface area contributed by atoms with Gasteiger partial charge in [-0.3, -0.25) is 0 Å². The summed E-state index contributed by atoms with van der Waals surface area (Å²) in [5.41, 5.74) is 3.09. The van der Waals surface area contributed by atoms with Crippen LogP contribution in [0.5, 0.6) is 0 Å². The monoisotopic (exact) mass is 491 g/mol. The SMILES string of the molecule is CC#C[C@@]1(O)CC[C@H]2[C@@H]3CC[C@@]4(O)CC5(CC[C@@H]4C3=C(c3ccc(N(C)C)cc3)C[C@@]21C)OCCO5. The van der Waals surface area contributed by atoms with Crippen LogP contribution in [0.1, 0.15) is 70.8 Å². The summed E-state index contributed by atoms with van der Waals surface area (Å²) in [6, 6.07) is 8.84. The zero-order valence-electron chi connectivity index (χ0n) is 22.3. The lowest BCUT2D eigenvalue weighted by molar-refractivity contribution is -0.235. The van der Waals surface area contributed by atoms with Crippen LogP contribution in [0.4, 0.5) is 5.69 Å². The van der Waals surface area contributed by atoms with Crippen molar-refractivity contribution in [2.24, 2.45) is 23.2 Å². The standard InChI is InChI=1S/C31H41NO4/c1-5-13-30(34)15-11-25-23-10-14-29(33)20-31(35-17-18-36-31)16-12-26(29)27(23)24(19-28(25,30)2)21-6-8-22(9-7-21)32(3)4/h6-9,23,25-26,33-34H,10-12,14-20H2,1-4H3/t23-,25-,26+,28-,29+,30+/m0/s1. The Kier molecular flexibility index (Phi) is 5.67. The number of benzene rings is 1. The molecule has 4 fully saturated rings. The van der Waals surface area contributed by atoms with Crippen molar-refractivity contribution in [3.8, 4) is 11.8 Å². The van der Waals surface area contributed by atoms with Gasteiger partial charge >= 0.3 is 0 Å². The van der Waals surface area contributed by atoms with Gasteiger partial charge in [0.05, 0.1) is 18.8 Å². The fourth-order valence-electron chi connectivity index (χ4n) is 8.74. The number of aliphatic hydroxyl groups is 2. The van der Waals surface area contributed by atoms with E-state index in [9.17, 15) is 10.2 Å². The first-order valence-electron chi connectivity index (χ1n) is 13.8. The number of nitrogens with zero attached hydrogens (tertiary/aromatic N) is 1. The third kappa shape index (κ3) is 3.45. The number of hydrogen-bond acceptors (Lipinski definition) is 5. The lowest BCUT2D eigenvalue weighted by Crippen LogP contribution is -2.58. The van der Waals surface area contributed by atoms with E-state index in [4.69, 9.17) is 9.47 Å². The van der Waals surface area contributed by atoms with Crippen LogP contribution < -0.4 is 4.90 Å². The highest BCUT2D eigenvalue weighted by molar-refractivity contribution is 5.74. The Morgan fingerprint density at radius 1 is 0.972 bits per heavy atom. The van der Waals surface area contributed by atoms with Gasteiger partial charge in [0.1, 0.15) is 5.60 Å². The molecular weight excluding hydrogens is 450 g/mol. The maximum Gasteiger partial charge on any atom is 0.171 e. The maximum absolute atomic E-state index is 12.2. The molecule has 1 spiro atoms. The first kappa shape index (κ1) is 24.5. The molecule has 0 amide bonds. The number of fused-ring (bicyclic) bond motifs is 5. The quantitative estimate of drug-likeness (QED) is 0.584. The lowest BCUT2D eigenvalue weighted by atomic mass is 9.49. The highest BCUT2D eigenvalue weighted by Crippen LogP contribution is 2.67. The predicted octanol–water partition coefficient (Wildman–Crippen LogP) is 4.76. The minimum atomic E-state index is -0.970. The van der Waals surface area contributed by atoms with Gasteiger partial charge in [0, 0.05) is 44.0 Å².